The van der Waals surface area contributed by atoms with Gasteiger partial charge in [-0.3, -0.25) is 4.68 Å². The van der Waals surface area contributed by atoms with Gasteiger partial charge in [0.2, 0.25) is 0 Å². The molecule has 1 aromatic carbocycles. The van der Waals surface area contributed by atoms with Gasteiger partial charge in [-0.1, -0.05) is 12.1 Å². The second-order valence-electron chi connectivity index (χ2n) is 5.36. The Hall–Kier alpha value is -2.09. The van der Waals surface area contributed by atoms with Crippen molar-refractivity contribution in [3.63, 3.8) is 0 Å². The molecule has 1 atom stereocenters. The van der Waals surface area contributed by atoms with Crippen molar-refractivity contribution in [1.82, 2.24) is 15.1 Å². The van der Waals surface area contributed by atoms with Gasteiger partial charge in [0.15, 0.2) is 5.11 Å². The lowest BCUT2D eigenvalue weighted by Crippen LogP contribution is -2.31. The van der Waals surface area contributed by atoms with Crippen LogP contribution in [0.5, 0.6) is 0 Å². The number of aromatic nitrogens is 2. The van der Waals surface area contributed by atoms with E-state index in [1.165, 1.54) is 18.2 Å². The van der Waals surface area contributed by atoms with Gasteiger partial charge in [-0.15, -0.1) is 0 Å². The van der Waals surface area contributed by atoms with Crippen LogP contribution >= 0.6 is 12.2 Å². The van der Waals surface area contributed by atoms with Crippen molar-refractivity contribution in [3.05, 3.63) is 47.3 Å². The first-order valence-electron chi connectivity index (χ1n) is 7.50. The van der Waals surface area contributed by atoms with Gasteiger partial charge in [0.05, 0.1) is 23.5 Å². The summed E-state index contributed by atoms with van der Waals surface area (Å²) in [5, 5.41) is 10.0. The number of nitrogens with zero attached hydrogens (tertiary/aromatic N) is 2. The van der Waals surface area contributed by atoms with E-state index in [9.17, 15) is 13.2 Å². The van der Waals surface area contributed by atoms with Crippen LogP contribution in [0, 0.1) is 6.92 Å². The normalized spacial score (nSPS) is 12.8. The third-order valence-corrected chi connectivity index (χ3v) is 3.96. The molecule has 1 unspecified atom stereocenters. The molecule has 0 radical (unpaired) electrons. The summed E-state index contributed by atoms with van der Waals surface area (Å²) in [6, 6.07) is 5.06. The molecule has 1 aromatic heterocycles. The number of alkyl halides is 3. The quantitative estimate of drug-likeness (QED) is 0.803. The molecule has 2 aromatic rings. The molecule has 130 valence electrons. The molecule has 0 amide bonds. The topological polar surface area (TPSA) is 41.9 Å². The maximum atomic E-state index is 13.0. The third-order valence-electron chi connectivity index (χ3n) is 3.74. The lowest BCUT2D eigenvalue weighted by molar-refractivity contribution is -0.136. The first-order chi connectivity index (χ1) is 11.2. The number of rotatable bonds is 4. The molecular weight excluding hydrogens is 337 g/mol. The first-order valence-corrected chi connectivity index (χ1v) is 7.91. The van der Waals surface area contributed by atoms with Crippen LogP contribution in [-0.4, -0.2) is 14.9 Å². The van der Waals surface area contributed by atoms with Crippen molar-refractivity contribution in [2.24, 2.45) is 0 Å². The highest BCUT2D eigenvalue weighted by Crippen LogP contribution is 2.34. The average molecular weight is 356 g/mol. The SMILES string of the molecule is CCn1ncc(C(C)NC(=S)Nc2ccccc2C(F)(F)F)c1C. The number of nitrogens with one attached hydrogen (secondary N) is 2. The first kappa shape index (κ1) is 18.3. The van der Waals surface area contributed by atoms with E-state index >= 15 is 0 Å². The highest BCUT2D eigenvalue weighted by molar-refractivity contribution is 7.80. The summed E-state index contributed by atoms with van der Waals surface area (Å²) in [6.07, 6.45) is -2.70. The zero-order valence-corrected chi connectivity index (χ0v) is 14.4. The van der Waals surface area contributed by atoms with Gasteiger partial charge in [0.25, 0.3) is 0 Å². The molecule has 1 heterocycles. The fourth-order valence-corrected chi connectivity index (χ4v) is 2.76. The Kier molecular flexibility index (Phi) is 5.48. The molecular formula is C16H19F3N4S. The Morgan fingerprint density at radius 2 is 2.00 bits per heavy atom. The molecule has 4 nitrogen and oxygen atoms in total. The van der Waals surface area contributed by atoms with Crippen LogP contribution in [0.15, 0.2) is 30.5 Å². The van der Waals surface area contributed by atoms with Gasteiger partial charge in [-0.05, 0) is 45.1 Å². The molecule has 0 spiro atoms. The maximum absolute atomic E-state index is 13.0. The Morgan fingerprint density at radius 1 is 1.33 bits per heavy atom. The molecule has 24 heavy (non-hydrogen) atoms. The molecule has 0 aliphatic heterocycles. The summed E-state index contributed by atoms with van der Waals surface area (Å²) in [5.41, 5.74) is 1.12. The van der Waals surface area contributed by atoms with Crippen molar-refractivity contribution in [2.75, 3.05) is 5.32 Å². The second kappa shape index (κ2) is 7.21. The smallest absolute Gasteiger partial charge is 0.356 e. The molecule has 2 N–H and O–H groups in total. The summed E-state index contributed by atoms with van der Waals surface area (Å²) >= 11 is 5.16. The number of thiocarbonyl (C=S) groups is 1. The Morgan fingerprint density at radius 3 is 2.58 bits per heavy atom. The average Bonchev–Trinajstić information content (AvgIpc) is 2.87. The number of hydrogen-bond acceptors (Lipinski definition) is 2. The largest absolute Gasteiger partial charge is 0.418 e. The minimum atomic E-state index is -4.44. The lowest BCUT2D eigenvalue weighted by Gasteiger charge is -2.19. The number of para-hydroxylation sites is 1. The summed E-state index contributed by atoms with van der Waals surface area (Å²) in [6.45, 7) is 6.56. The third kappa shape index (κ3) is 4.05. The Bertz CT molecular complexity index is 724. The van der Waals surface area contributed by atoms with E-state index in [0.717, 1.165) is 23.9 Å². The molecule has 0 bridgehead atoms. The highest BCUT2D eigenvalue weighted by atomic mass is 32.1. The van der Waals surface area contributed by atoms with E-state index in [-0.39, 0.29) is 16.8 Å². The number of halogens is 3. The van der Waals surface area contributed by atoms with Crippen molar-refractivity contribution in [1.29, 1.82) is 0 Å². The van der Waals surface area contributed by atoms with Gasteiger partial charge in [-0.25, -0.2) is 0 Å². The van der Waals surface area contributed by atoms with Crippen molar-refractivity contribution >= 4 is 23.0 Å². The van der Waals surface area contributed by atoms with E-state index in [1.54, 1.807) is 6.20 Å². The van der Waals surface area contributed by atoms with Gasteiger partial charge in [-0.2, -0.15) is 18.3 Å². The predicted octanol–water partition coefficient (Wildman–Crippen LogP) is 4.28. The summed E-state index contributed by atoms with van der Waals surface area (Å²) < 4.78 is 40.9. The van der Waals surface area contributed by atoms with E-state index < -0.39 is 11.7 Å². The Balaban J connectivity index is 2.10. The van der Waals surface area contributed by atoms with Gasteiger partial charge < -0.3 is 10.6 Å². The van der Waals surface area contributed by atoms with Crippen LogP contribution in [0.2, 0.25) is 0 Å². The number of aryl methyl sites for hydroxylation is 1. The van der Waals surface area contributed by atoms with E-state index in [4.69, 9.17) is 12.2 Å². The molecule has 2 rings (SSSR count). The fourth-order valence-electron chi connectivity index (χ4n) is 2.48. The number of benzene rings is 1. The minimum absolute atomic E-state index is 0.0734. The van der Waals surface area contributed by atoms with Crippen LogP contribution in [0.1, 0.15) is 36.7 Å². The highest BCUT2D eigenvalue weighted by Gasteiger charge is 2.33. The van der Waals surface area contributed by atoms with E-state index in [1.807, 2.05) is 25.5 Å². The molecule has 0 saturated carbocycles. The fraction of sp³-hybridized carbons (Fsp3) is 0.375. The van der Waals surface area contributed by atoms with E-state index in [0.29, 0.717) is 0 Å². The predicted molar refractivity (Wildman–Crippen MR) is 91.9 cm³/mol. The standard InChI is InChI=1S/C16H19F3N4S/c1-4-23-11(3)12(9-20-23)10(2)21-15(24)22-14-8-6-5-7-13(14)16(17,18)19/h5-10H,4H2,1-3H3,(H2,21,22,24). The molecule has 8 heteroatoms. The van der Waals surface area contributed by atoms with Crippen LogP contribution in [0.25, 0.3) is 0 Å². The monoisotopic (exact) mass is 356 g/mol. The zero-order chi connectivity index (χ0) is 17.9. The molecule has 0 saturated heterocycles. The van der Waals surface area contributed by atoms with Crippen LogP contribution in [0.3, 0.4) is 0 Å². The summed E-state index contributed by atoms with van der Waals surface area (Å²) in [4.78, 5) is 0. The molecule has 0 aliphatic rings. The van der Waals surface area contributed by atoms with Crippen molar-refractivity contribution in [2.45, 2.75) is 39.5 Å². The maximum Gasteiger partial charge on any atom is 0.418 e. The number of hydrogen-bond donors (Lipinski definition) is 2. The Labute approximate surface area is 144 Å². The van der Waals surface area contributed by atoms with Gasteiger partial charge in [0, 0.05) is 17.8 Å². The minimum Gasteiger partial charge on any atom is -0.356 e. The van der Waals surface area contributed by atoms with Gasteiger partial charge in [0.1, 0.15) is 0 Å². The second-order valence-corrected chi connectivity index (χ2v) is 5.77. The van der Waals surface area contributed by atoms with Crippen molar-refractivity contribution in [3.8, 4) is 0 Å². The summed E-state index contributed by atoms with van der Waals surface area (Å²) in [5.74, 6) is 0. The number of anilines is 1. The van der Waals surface area contributed by atoms with Crippen LogP contribution < -0.4 is 10.6 Å². The molecule has 0 fully saturated rings. The van der Waals surface area contributed by atoms with Crippen LogP contribution in [0.4, 0.5) is 18.9 Å². The lowest BCUT2D eigenvalue weighted by atomic mass is 10.1. The van der Waals surface area contributed by atoms with Crippen molar-refractivity contribution < 1.29 is 13.2 Å². The van der Waals surface area contributed by atoms with E-state index in [2.05, 4.69) is 15.7 Å². The zero-order valence-electron chi connectivity index (χ0n) is 13.6. The van der Waals surface area contributed by atoms with Crippen LogP contribution in [-0.2, 0) is 12.7 Å². The molecule has 0 aliphatic carbocycles. The van der Waals surface area contributed by atoms with Gasteiger partial charge >= 0.3 is 6.18 Å². The summed E-state index contributed by atoms with van der Waals surface area (Å²) in [7, 11) is 0.